The molecule has 2 N–H and O–H groups in total. The normalized spacial score (nSPS) is 13.7. The van der Waals surface area contributed by atoms with Crippen molar-refractivity contribution in [3.05, 3.63) is 65.7 Å². The lowest BCUT2D eigenvalue weighted by molar-refractivity contribution is 0.170. The largest absolute Gasteiger partial charge is 0.496 e. The molecule has 2 aromatic carbocycles. The van der Waals surface area contributed by atoms with Gasteiger partial charge in [0.15, 0.2) is 0 Å². The lowest BCUT2D eigenvalue weighted by atomic mass is 10.1. The summed E-state index contributed by atoms with van der Waals surface area (Å²) in [4.78, 5) is 0. The second kappa shape index (κ2) is 7.81. The van der Waals surface area contributed by atoms with Crippen molar-refractivity contribution in [3.63, 3.8) is 0 Å². The van der Waals surface area contributed by atoms with Crippen molar-refractivity contribution in [1.29, 1.82) is 0 Å². The monoisotopic (exact) mass is 285 g/mol. The van der Waals surface area contributed by atoms with Crippen LogP contribution in [0.2, 0.25) is 0 Å². The number of para-hydroxylation sites is 1. The first-order valence-electron chi connectivity index (χ1n) is 7.29. The van der Waals surface area contributed by atoms with E-state index in [4.69, 9.17) is 4.74 Å². The Kier molecular flexibility index (Phi) is 5.78. The number of aliphatic hydroxyl groups is 1. The quantitative estimate of drug-likeness (QED) is 0.822. The van der Waals surface area contributed by atoms with Gasteiger partial charge in [-0.2, -0.15) is 0 Å². The molecule has 0 fully saturated rings. The second-order valence-corrected chi connectivity index (χ2v) is 5.25. The van der Waals surface area contributed by atoms with Crippen LogP contribution in [0.25, 0.3) is 0 Å². The van der Waals surface area contributed by atoms with E-state index in [1.165, 1.54) is 5.56 Å². The highest BCUT2D eigenvalue weighted by molar-refractivity contribution is 5.33. The summed E-state index contributed by atoms with van der Waals surface area (Å²) in [5.74, 6) is 0.912. The smallest absolute Gasteiger partial charge is 0.122 e. The van der Waals surface area contributed by atoms with Gasteiger partial charge >= 0.3 is 0 Å². The molecule has 112 valence electrons. The Hall–Kier alpha value is -1.84. The van der Waals surface area contributed by atoms with Crippen LogP contribution < -0.4 is 10.1 Å². The third-order valence-corrected chi connectivity index (χ3v) is 3.56. The Morgan fingerprint density at radius 1 is 1.05 bits per heavy atom. The lowest BCUT2D eigenvalue weighted by Gasteiger charge is -2.18. The van der Waals surface area contributed by atoms with Gasteiger partial charge < -0.3 is 15.2 Å². The van der Waals surface area contributed by atoms with Crippen molar-refractivity contribution in [2.45, 2.75) is 25.5 Å². The topological polar surface area (TPSA) is 41.5 Å². The van der Waals surface area contributed by atoms with Gasteiger partial charge in [0, 0.05) is 12.6 Å². The molecule has 2 atom stereocenters. The molecule has 0 heterocycles. The number of ether oxygens (including phenoxy) is 1. The lowest BCUT2D eigenvalue weighted by Crippen LogP contribution is -2.32. The number of methoxy groups -OCH3 is 1. The Morgan fingerprint density at radius 2 is 1.71 bits per heavy atom. The van der Waals surface area contributed by atoms with Crippen LogP contribution >= 0.6 is 0 Å². The summed E-state index contributed by atoms with van der Waals surface area (Å²) in [5.41, 5.74) is 2.11. The highest BCUT2D eigenvalue weighted by atomic mass is 16.5. The van der Waals surface area contributed by atoms with Gasteiger partial charge in [-0.05, 0) is 30.5 Å². The number of aliphatic hydroxyl groups excluding tert-OH is 1. The van der Waals surface area contributed by atoms with Gasteiger partial charge in [0.05, 0.1) is 13.2 Å². The summed E-state index contributed by atoms with van der Waals surface area (Å²) >= 11 is 0. The Bertz CT molecular complexity index is 542. The van der Waals surface area contributed by atoms with Crippen LogP contribution in [0.4, 0.5) is 0 Å². The minimum atomic E-state index is -0.480. The maximum atomic E-state index is 10.1. The molecule has 0 aliphatic rings. The number of hydrogen-bond donors (Lipinski definition) is 2. The Morgan fingerprint density at radius 3 is 2.43 bits per heavy atom. The fourth-order valence-electron chi connectivity index (χ4n) is 2.38. The van der Waals surface area contributed by atoms with Crippen molar-refractivity contribution in [3.8, 4) is 5.75 Å². The first-order chi connectivity index (χ1) is 10.2. The number of rotatable bonds is 7. The van der Waals surface area contributed by atoms with Crippen LogP contribution in [0, 0.1) is 0 Å². The van der Waals surface area contributed by atoms with Crippen molar-refractivity contribution in [2.75, 3.05) is 13.7 Å². The molecular formula is C18H23NO2. The summed E-state index contributed by atoms with van der Waals surface area (Å²) < 4.78 is 5.36. The minimum Gasteiger partial charge on any atom is -0.496 e. The molecule has 0 aliphatic heterocycles. The van der Waals surface area contributed by atoms with E-state index < -0.39 is 6.10 Å². The Labute approximate surface area is 126 Å². The molecule has 3 heteroatoms. The van der Waals surface area contributed by atoms with Gasteiger partial charge in [0.25, 0.3) is 0 Å². The molecule has 0 saturated heterocycles. The Balaban J connectivity index is 1.86. The van der Waals surface area contributed by atoms with Crippen molar-refractivity contribution >= 4 is 0 Å². The maximum absolute atomic E-state index is 10.1. The van der Waals surface area contributed by atoms with Crippen LogP contribution in [0.5, 0.6) is 5.75 Å². The van der Waals surface area contributed by atoms with E-state index >= 15 is 0 Å². The van der Waals surface area contributed by atoms with Gasteiger partial charge in [-0.3, -0.25) is 0 Å². The van der Waals surface area contributed by atoms with E-state index in [0.29, 0.717) is 6.54 Å². The summed E-state index contributed by atoms with van der Waals surface area (Å²) in [5, 5.41) is 13.5. The molecule has 0 saturated carbocycles. The average Bonchev–Trinajstić information content (AvgIpc) is 2.54. The van der Waals surface area contributed by atoms with E-state index in [0.717, 1.165) is 17.7 Å². The van der Waals surface area contributed by atoms with Crippen molar-refractivity contribution < 1.29 is 9.84 Å². The number of hydrogen-bond acceptors (Lipinski definition) is 3. The van der Waals surface area contributed by atoms with E-state index in [1.54, 1.807) is 7.11 Å². The molecule has 0 aliphatic carbocycles. The number of benzene rings is 2. The van der Waals surface area contributed by atoms with Crippen LogP contribution in [-0.4, -0.2) is 24.8 Å². The van der Waals surface area contributed by atoms with Gasteiger partial charge in [-0.1, -0.05) is 48.5 Å². The summed E-state index contributed by atoms with van der Waals surface area (Å²) in [7, 11) is 1.69. The molecule has 2 rings (SSSR count). The zero-order valence-corrected chi connectivity index (χ0v) is 12.6. The third-order valence-electron chi connectivity index (χ3n) is 3.56. The highest BCUT2D eigenvalue weighted by Gasteiger charge is 2.11. The molecule has 0 spiro atoms. The van der Waals surface area contributed by atoms with Crippen molar-refractivity contribution in [1.82, 2.24) is 5.32 Å². The third kappa shape index (κ3) is 4.59. The maximum Gasteiger partial charge on any atom is 0.122 e. The van der Waals surface area contributed by atoms with Gasteiger partial charge in [-0.25, -0.2) is 0 Å². The van der Waals surface area contributed by atoms with E-state index in [1.807, 2.05) is 48.5 Å². The molecule has 2 aromatic rings. The van der Waals surface area contributed by atoms with Crippen LogP contribution in [-0.2, 0) is 6.42 Å². The fourth-order valence-corrected chi connectivity index (χ4v) is 2.38. The fraction of sp³-hybridized carbons (Fsp3) is 0.333. The molecule has 3 nitrogen and oxygen atoms in total. The van der Waals surface area contributed by atoms with Crippen LogP contribution in [0.3, 0.4) is 0 Å². The highest BCUT2D eigenvalue weighted by Crippen LogP contribution is 2.19. The average molecular weight is 285 g/mol. The van der Waals surface area contributed by atoms with E-state index in [2.05, 4.69) is 18.3 Å². The van der Waals surface area contributed by atoms with Crippen molar-refractivity contribution in [2.24, 2.45) is 0 Å². The van der Waals surface area contributed by atoms with Gasteiger partial charge in [0.2, 0.25) is 0 Å². The van der Waals surface area contributed by atoms with E-state index in [9.17, 15) is 5.11 Å². The zero-order chi connectivity index (χ0) is 15.1. The van der Waals surface area contributed by atoms with Gasteiger partial charge in [0.1, 0.15) is 5.75 Å². The molecular weight excluding hydrogens is 262 g/mol. The minimum absolute atomic E-state index is 0.264. The molecule has 1 unspecified atom stereocenters. The number of nitrogens with one attached hydrogen (secondary N) is 1. The standard InChI is InChI=1S/C18H23NO2/c1-14(12-16-10-6-7-11-18(16)21-2)19-13-17(20)15-8-4-3-5-9-15/h3-11,14,17,19-20H,12-13H2,1-2H3/t14?,17-/m0/s1. The summed E-state index contributed by atoms with van der Waals surface area (Å²) in [6.45, 7) is 2.66. The van der Waals surface area contributed by atoms with E-state index in [-0.39, 0.29) is 6.04 Å². The predicted octanol–water partition coefficient (Wildman–Crippen LogP) is 2.95. The van der Waals surface area contributed by atoms with Crippen LogP contribution in [0.1, 0.15) is 24.2 Å². The molecule has 0 amide bonds. The zero-order valence-electron chi connectivity index (χ0n) is 12.6. The SMILES string of the molecule is COc1ccccc1CC(C)NC[C@H](O)c1ccccc1. The predicted molar refractivity (Wildman–Crippen MR) is 85.6 cm³/mol. The summed E-state index contributed by atoms with van der Waals surface area (Å²) in [6, 6.07) is 18.0. The second-order valence-electron chi connectivity index (χ2n) is 5.25. The molecule has 0 bridgehead atoms. The molecule has 0 aromatic heterocycles. The first-order valence-corrected chi connectivity index (χ1v) is 7.29. The summed E-state index contributed by atoms with van der Waals surface area (Å²) in [6.07, 6.45) is 0.386. The van der Waals surface area contributed by atoms with Crippen LogP contribution in [0.15, 0.2) is 54.6 Å². The molecule has 21 heavy (non-hydrogen) atoms. The van der Waals surface area contributed by atoms with Gasteiger partial charge in [-0.15, -0.1) is 0 Å². The first kappa shape index (κ1) is 15.5. The molecule has 0 radical (unpaired) electrons.